The lowest BCUT2D eigenvalue weighted by atomic mass is 10.0. The third-order valence-corrected chi connectivity index (χ3v) is 5.01. The molecule has 1 aromatic heterocycles. The van der Waals surface area contributed by atoms with E-state index in [0.29, 0.717) is 6.42 Å². The maximum absolute atomic E-state index is 12.2. The normalized spacial score (nSPS) is 15.4. The lowest BCUT2D eigenvalue weighted by molar-refractivity contribution is -0.132. The van der Waals surface area contributed by atoms with E-state index in [4.69, 9.17) is 0 Å². The SMILES string of the molecule is CCC(C)(C)NCCC(=O)N1CCc2sccc2C1. The van der Waals surface area contributed by atoms with Crippen LogP contribution < -0.4 is 5.32 Å². The molecule has 2 rings (SSSR count). The van der Waals surface area contributed by atoms with Crippen molar-refractivity contribution in [2.75, 3.05) is 13.1 Å². The van der Waals surface area contributed by atoms with Crippen LogP contribution in [0.2, 0.25) is 0 Å². The molecule has 0 saturated heterocycles. The Morgan fingerprint density at radius 1 is 1.53 bits per heavy atom. The summed E-state index contributed by atoms with van der Waals surface area (Å²) in [5.41, 5.74) is 1.47. The van der Waals surface area contributed by atoms with Crippen molar-refractivity contribution in [3.63, 3.8) is 0 Å². The van der Waals surface area contributed by atoms with E-state index in [1.165, 1.54) is 10.4 Å². The van der Waals surface area contributed by atoms with Gasteiger partial charge in [-0.05, 0) is 43.7 Å². The van der Waals surface area contributed by atoms with Crippen LogP contribution in [0.25, 0.3) is 0 Å². The van der Waals surface area contributed by atoms with E-state index in [1.54, 1.807) is 0 Å². The van der Waals surface area contributed by atoms with Crippen LogP contribution in [0.5, 0.6) is 0 Å². The van der Waals surface area contributed by atoms with Gasteiger partial charge in [0.2, 0.25) is 5.91 Å². The van der Waals surface area contributed by atoms with Crippen molar-refractivity contribution in [2.45, 2.75) is 52.1 Å². The Bertz CT molecular complexity index is 439. The molecule has 0 bridgehead atoms. The molecule has 19 heavy (non-hydrogen) atoms. The van der Waals surface area contributed by atoms with Gasteiger partial charge in [0.05, 0.1) is 0 Å². The largest absolute Gasteiger partial charge is 0.338 e. The summed E-state index contributed by atoms with van der Waals surface area (Å²) in [4.78, 5) is 15.6. The topological polar surface area (TPSA) is 32.3 Å². The molecule has 1 N–H and O–H groups in total. The molecule has 0 aliphatic carbocycles. The first-order valence-corrected chi connectivity index (χ1v) is 7.98. The van der Waals surface area contributed by atoms with E-state index in [-0.39, 0.29) is 11.4 Å². The highest BCUT2D eigenvalue weighted by Gasteiger charge is 2.21. The Morgan fingerprint density at radius 2 is 2.32 bits per heavy atom. The zero-order valence-corrected chi connectivity index (χ0v) is 13.0. The molecule has 0 fully saturated rings. The fourth-order valence-electron chi connectivity index (χ4n) is 2.25. The van der Waals surface area contributed by atoms with Crippen LogP contribution in [-0.4, -0.2) is 29.4 Å². The Hall–Kier alpha value is -0.870. The molecule has 3 nitrogen and oxygen atoms in total. The van der Waals surface area contributed by atoms with Crippen molar-refractivity contribution in [1.29, 1.82) is 0 Å². The number of carbonyl (C=O) groups excluding carboxylic acids is 1. The van der Waals surface area contributed by atoms with E-state index in [2.05, 4.69) is 37.5 Å². The van der Waals surface area contributed by atoms with Gasteiger partial charge in [-0.2, -0.15) is 0 Å². The van der Waals surface area contributed by atoms with Crippen LogP contribution in [0.15, 0.2) is 11.4 Å². The van der Waals surface area contributed by atoms with Crippen LogP contribution in [0.1, 0.15) is 44.1 Å². The maximum Gasteiger partial charge on any atom is 0.224 e. The monoisotopic (exact) mass is 280 g/mol. The van der Waals surface area contributed by atoms with Gasteiger partial charge < -0.3 is 10.2 Å². The number of nitrogens with one attached hydrogen (secondary N) is 1. The molecule has 1 aliphatic heterocycles. The lowest BCUT2D eigenvalue weighted by Crippen LogP contribution is -2.42. The van der Waals surface area contributed by atoms with Gasteiger partial charge in [0.15, 0.2) is 0 Å². The van der Waals surface area contributed by atoms with Crippen molar-refractivity contribution in [3.05, 3.63) is 21.9 Å². The second-order valence-electron chi connectivity index (χ2n) is 5.85. The standard InChI is InChI=1S/C15H24N2OS/c1-4-15(2,3)16-8-5-14(18)17-9-6-13-12(11-17)7-10-19-13/h7,10,16H,4-6,8-9,11H2,1-3H3. The predicted octanol–water partition coefficient (Wildman–Crippen LogP) is 2.80. The molecule has 0 unspecified atom stereocenters. The van der Waals surface area contributed by atoms with Gasteiger partial charge in [0, 0.05) is 36.5 Å². The minimum absolute atomic E-state index is 0.128. The summed E-state index contributed by atoms with van der Waals surface area (Å²) >= 11 is 1.81. The van der Waals surface area contributed by atoms with Gasteiger partial charge in [-0.15, -0.1) is 11.3 Å². The van der Waals surface area contributed by atoms with Crippen LogP contribution in [0, 0.1) is 0 Å². The van der Waals surface area contributed by atoms with Crippen molar-refractivity contribution < 1.29 is 4.79 Å². The second kappa shape index (κ2) is 6.06. The van der Waals surface area contributed by atoms with Crippen molar-refractivity contribution in [2.24, 2.45) is 0 Å². The maximum atomic E-state index is 12.2. The number of hydrogen-bond donors (Lipinski definition) is 1. The van der Waals surface area contributed by atoms with Gasteiger partial charge in [-0.25, -0.2) is 0 Å². The minimum atomic E-state index is 0.128. The third-order valence-electron chi connectivity index (χ3n) is 3.99. The second-order valence-corrected chi connectivity index (χ2v) is 6.85. The van der Waals surface area contributed by atoms with Gasteiger partial charge in [0.25, 0.3) is 0 Å². The van der Waals surface area contributed by atoms with E-state index < -0.39 is 0 Å². The summed E-state index contributed by atoms with van der Waals surface area (Å²) in [6.45, 7) is 8.97. The summed E-state index contributed by atoms with van der Waals surface area (Å²) in [6, 6.07) is 2.15. The number of nitrogens with zero attached hydrogens (tertiary/aromatic N) is 1. The van der Waals surface area contributed by atoms with Gasteiger partial charge in [-0.3, -0.25) is 4.79 Å². The fourth-order valence-corrected chi connectivity index (χ4v) is 3.14. The first-order chi connectivity index (χ1) is 9.02. The molecule has 0 spiro atoms. The molecular weight excluding hydrogens is 256 g/mol. The Morgan fingerprint density at radius 3 is 3.05 bits per heavy atom. The fraction of sp³-hybridized carbons (Fsp3) is 0.667. The Balaban J connectivity index is 1.79. The van der Waals surface area contributed by atoms with Gasteiger partial charge >= 0.3 is 0 Å². The van der Waals surface area contributed by atoms with Crippen LogP contribution in [-0.2, 0) is 17.8 Å². The van der Waals surface area contributed by atoms with E-state index >= 15 is 0 Å². The molecule has 2 heterocycles. The van der Waals surface area contributed by atoms with Gasteiger partial charge in [0.1, 0.15) is 0 Å². The highest BCUT2D eigenvalue weighted by molar-refractivity contribution is 7.10. The zero-order chi connectivity index (χ0) is 13.9. The first-order valence-electron chi connectivity index (χ1n) is 7.10. The quantitative estimate of drug-likeness (QED) is 0.899. The first kappa shape index (κ1) is 14.5. The number of carbonyl (C=O) groups is 1. The highest BCUT2D eigenvalue weighted by Crippen LogP contribution is 2.24. The Labute approximate surface area is 120 Å². The van der Waals surface area contributed by atoms with Crippen molar-refractivity contribution in [3.8, 4) is 0 Å². The summed E-state index contributed by atoms with van der Waals surface area (Å²) in [5, 5.41) is 5.58. The third kappa shape index (κ3) is 3.80. The molecule has 106 valence electrons. The summed E-state index contributed by atoms with van der Waals surface area (Å²) in [7, 11) is 0. The number of fused-ring (bicyclic) bond motifs is 1. The summed E-state index contributed by atoms with van der Waals surface area (Å²) in [5.74, 6) is 0.274. The molecule has 0 saturated carbocycles. The van der Waals surface area contributed by atoms with E-state index in [1.807, 2.05) is 16.2 Å². The van der Waals surface area contributed by atoms with Crippen LogP contribution in [0.3, 0.4) is 0 Å². The molecule has 4 heteroatoms. The van der Waals surface area contributed by atoms with Crippen molar-refractivity contribution >= 4 is 17.2 Å². The van der Waals surface area contributed by atoms with Gasteiger partial charge in [-0.1, -0.05) is 6.92 Å². The molecule has 0 atom stereocenters. The average Bonchev–Trinajstić information content (AvgIpc) is 2.85. The van der Waals surface area contributed by atoms with E-state index in [0.717, 1.165) is 32.5 Å². The Kier molecular flexibility index (Phi) is 4.63. The predicted molar refractivity (Wildman–Crippen MR) is 80.4 cm³/mol. The summed E-state index contributed by atoms with van der Waals surface area (Å²) < 4.78 is 0. The molecule has 0 radical (unpaired) electrons. The van der Waals surface area contributed by atoms with Crippen LogP contribution >= 0.6 is 11.3 Å². The van der Waals surface area contributed by atoms with E-state index in [9.17, 15) is 4.79 Å². The average molecular weight is 280 g/mol. The number of thiophene rings is 1. The smallest absolute Gasteiger partial charge is 0.224 e. The number of rotatable bonds is 5. The molecule has 1 amide bonds. The molecule has 1 aliphatic rings. The van der Waals surface area contributed by atoms with Crippen molar-refractivity contribution in [1.82, 2.24) is 10.2 Å². The zero-order valence-electron chi connectivity index (χ0n) is 12.2. The summed E-state index contributed by atoms with van der Waals surface area (Å²) in [6.07, 6.45) is 2.69. The molecule has 0 aromatic carbocycles. The minimum Gasteiger partial charge on any atom is -0.338 e. The lowest BCUT2D eigenvalue weighted by Gasteiger charge is -2.28. The number of hydrogen-bond acceptors (Lipinski definition) is 3. The molecular formula is C15H24N2OS. The number of amides is 1. The van der Waals surface area contributed by atoms with Crippen LogP contribution in [0.4, 0.5) is 0 Å². The molecule has 1 aromatic rings. The highest BCUT2D eigenvalue weighted by atomic mass is 32.1.